The van der Waals surface area contributed by atoms with E-state index in [1.54, 1.807) is 48.4 Å². The monoisotopic (exact) mass is 426 g/mol. The molecule has 1 aliphatic rings. The number of benzene rings is 2. The Morgan fingerprint density at radius 3 is 2.23 bits per heavy atom. The molecule has 0 bridgehead atoms. The number of hydrogen-bond donors (Lipinski definition) is 0. The second-order valence-electron chi connectivity index (χ2n) is 7.07. The number of amides is 2. The molecule has 0 saturated carbocycles. The second-order valence-corrected chi connectivity index (χ2v) is 8.01. The number of thioether (sulfide) groups is 1. The summed E-state index contributed by atoms with van der Waals surface area (Å²) in [6, 6.07) is 20.3. The van der Waals surface area contributed by atoms with E-state index in [4.69, 9.17) is 0 Å². The molecule has 0 spiro atoms. The molecule has 152 valence electrons. The summed E-state index contributed by atoms with van der Waals surface area (Å²) in [5, 5.41) is 0.850. The maximum Gasteiger partial charge on any atom is 0.266 e. The first-order chi connectivity index (χ1) is 15.2. The highest BCUT2D eigenvalue weighted by molar-refractivity contribution is 7.98. The van der Waals surface area contributed by atoms with Gasteiger partial charge in [0.1, 0.15) is 0 Å². The lowest BCUT2D eigenvalue weighted by molar-refractivity contribution is 0.0926. The third-order valence-electron chi connectivity index (χ3n) is 5.12. The number of carbonyl (C=O) groups is 2. The maximum absolute atomic E-state index is 12.9. The molecular formula is C24H18N4O2S. The number of para-hydroxylation sites is 1. The molecule has 6 nitrogen and oxygen atoms in total. The van der Waals surface area contributed by atoms with Crippen molar-refractivity contribution in [2.45, 2.75) is 17.5 Å². The number of pyridine rings is 1. The number of anilines is 1. The van der Waals surface area contributed by atoms with E-state index in [0.717, 1.165) is 16.4 Å². The van der Waals surface area contributed by atoms with Crippen LogP contribution in [0, 0.1) is 0 Å². The molecule has 0 atom stereocenters. The van der Waals surface area contributed by atoms with Crippen molar-refractivity contribution in [2.75, 3.05) is 4.90 Å². The van der Waals surface area contributed by atoms with Crippen molar-refractivity contribution in [1.29, 1.82) is 0 Å². The first-order valence-corrected chi connectivity index (χ1v) is 10.8. The van der Waals surface area contributed by atoms with Gasteiger partial charge in [0.2, 0.25) is 0 Å². The highest BCUT2D eigenvalue weighted by atomic mass is 32.2. The smallest absolute Gasteiger partial charge is 0.266 e. The van der Waals surface area contributed by atoms with Gasteiger partial charge in [0.25, 0.3) is 11.8 Å². The van der Waals surface area contributed by atoms with Crippen LogP contribution in [0.3, 0.4) is 0 Å². The number of fused-ring (bicyclic) bond motifs is 1. The first kappa shape index (κ1) is 19.3. The standard InChI is InChI=1S/C24H18N4O2S/c29-22-19-9-2-3-10-20(19)23(30)28(22)21-11-4-1-7-17(21)16-31-24-26-13-14-27(24)15-18-8-5-6-12-25-18/h1-14H,15-16H2. The van der Waals surface area contributed by atoms with Crippen molar-refractivity contribution in [1.82, 2.24) is 14.5 Å². The van der Waals surface area contributed by atoms with Gasteiger partial charge in [0, 0.05) is 24.3 Å². The van der Waals surface area contributed by atoms with E-state index in [1.807, 2.05) is 53.2 Å². The average molecular weight is 427 g/mol. The van der Waals surface area contributed by atoms with Crippen molar-refractivity contribution < 1.29 is 9.59 Å². The van der Waals surface area contributed by atoms with E-state index >= 15 is 0 Å². The Morgan fingerprint density at radius 2 is 1.48 bits per heavy atom. The van der Waals surface area contributed by atoms with Crippen molar-refractivity contribution in [3.8, 4) is 0 Å². The zero-order valence-electron chi connectivity index (χ0n) is 16.5. The second kappa shape index (κ2) is 8.20. The lowest BCUT2D eigenvalue weighted by Crippen LogP contribution is -2.30. The van der Waals surface area contributed by atoms with Crippen molar-refractivity contribution in [3.05, 3.63) is 108 Å². The molecule has 3 heterocycles. The molecule has 0 radical (unpaired) electrons. The molecule has 5 rings (SSSR count). The van der Waals surface area contributed by atoms with E-state index < -0.39 is 0 Å². The Bertz CT molecular complexity index is 1230. The Labute approximate surface area is 183 Å². The predicted molar refractivity (Wildman–Crippen MR) is 119 cm³/mol. The summed E-state index contributed by atoms with van der Waals surface area (Å²) in [5.41, 5.74) is 3.36. The number of nitrogens with zero attached hydrogens (tertiary/aromatic N) is 4. The summed E-state index contributed by atoms with van der Waals surface area (Å²) < 4.78 is 2.04. The third-order valence-corrected chi connectivity index (χ3v) is 6.17. The molecule has 0 saturated heterocycles. The molecule has 7 heteroatoms. The lowest BCUT2D eigenvalue weighted by atomic mass is 10.1. The van der Waals surface area contributed by atoms with Gasteiger partial charge >= 0.3 is 0 Å². The van der Waals surface area contributed by atoms with Crippen LogP contribution in [0.2, 0.25) is 0 Å². The fraction of sp³-hybridized carbons (Fsp3) is 0.0833. The molecule has 0 unspecified atom stereocenters. The summed E-state index contributed by atoms with van der Waals surface area (Å²) in [5.74, 6) is 0.00687. The van der Waals surface area contributed by atoms with E-state index in [9.17, 15) is 9.59 Å². The minimum absolute atomic E-state index is 0.283. The van der Waals surface area contributed by atoms with Crippen LogP contribution in [-0.2, 0) is 12.3 Å². The van der Waals surface area contributed by atoms with E-state index in [2.05, 4.69) is 9.97 Å². The Hall–Kier alpha value is -3.71. The molecule has 0 N–H and O–H groups in total. The van der Waals surface area contributed by atoms with Crippen molar-refractivity contribution >= 4 is 29.3 Å². The molecular weight excluding hydrogens is 408 g/mol. The summed E-state index contributed by atoms with van der Waals surface area (Å²) >= 11 is 1.56. The van der Waals surface area contributed by atoms with Gasteiger partial charge < -0.3 is 4.57 Å². The SMILES string of the molecule is O=C1c2ccccc2C(=O)N1c1ccccc1CSc1nccn1Cc1ccccn1. The van der Waals surface area contributed by atoms with Crippen LogP contribution < -0.4 is 4.90 Å². The topological polar surface area (TPSA) is 68.1 Å². The zero-order chi connectivity index (χ0) is 21.2. The van der Waals surface area contributed by atoms with Gasteiger partial charge in [0.15, 0.2) is 5.16 Å². The molecule has 2 amide bonds. The van der Waals surface area contributed by atoms with Crippen LogP contribution in [0.15, 0.2) is 90.5 Å². The van der Waals surface area contributed by atoms with Crippen LogP contribution >= 0.6 is 11.8 Å². The molecule has 31 heavy (non-hydrogen) atoms. The number of rotatable bonds is 6. The van der Waals surface area contributed by atoms with E-state index in [0.29, 0.717) is 29.1 Å². The Balaban J connectivity index is 1.38. The normalized spacial score (nSPS) is 13.0. The highest BCUT2D eigenvalue weighted by Gasteiger charge is 2.37. The lowest BCUT2D eigenvalue weighted by Gasteiger charge is -2.18. The number of hydrogen-bond acceptors (Lipinski definition) is 5. The fourth-order valence-corrected chi connectivity index (χ4v) is 4.58. The largest absolute Gasteiger partial charge is 0.320 e. The van der Waals surface area contributed by atoms with Gasteiger partial charge in [0.05, 0.1) is 29.1 Å². The number of carbonyl (C=O) groups excluding carboxylic acids is 2. The quantitative estimate of drug-likeness (QED) is 0.337. The summed E-state index contributed by atoms with van der Waals surface area (Å²) in [4.78, 5) is 36.0. The van der Waals surface area contributed by atoms with Crippen LogP contribution in [0.25, 0.3) is 0 Å². The van der Waals surface area contributed by atoms with Crippen LogP contribution in [0.4, 0.5) is 5.69 Å². The molecule has 1 aliphatic heterocycles. The third kappa shape index (κ3) is 3.64. The number of imidazole rings is 1. The zero-order valence-corrected chi connectivity index (χ0v) is 17.3. The van der Waals surface area contributed by atoms with Gasteiger partial charge in [-0.3, -0.25) is 14.6 Å². The summed E-state index contributed by atoms with van der Waals surface area (Å²) in [6.07, 6.45) is 5.46. The molecule has 2 aromatic heterocycles. The van der Waals surface area contributed by atoms with Crippen LogP contribution in [0.1, 0.15) is 32.0 Å². The molecule has 2 aromatic carbocycles. The van der Waals surface area contributed by atoms with Gasteiger partial charge in [-0.15, -0.1) is 0 Å². The van der Waals surface area contributed by atoms with Gasteiger partial charge in [-0.1, -0.05) is 48.2 Å². The number of aromatic nitrogens is 3. The van der Waals surface area contributed by atoms with Crippen molar-refractivity contribution in [3.63, 3.8) is 0 Å². The Morgan fingerprint density at radius 1 is 0.774 bits per heavy atom. The molecule has 0 fully saturated rings. The number of imide groups is 1. The first-order valence-electron chi connectivity index (χ1n) is 9.82. The molecule has 4 aromatic rings. The van der Waals surface area contributed by atoms with E-state index in [-0.39, 0.29) is 11.8 Å². The maximum atomic E-state index is 12.9. The van der Waals surface area contributed by atoms with Crippen LogP contribution in [-0.4, -0.2) is 26.3 Å². The summed E-state index contributed by atoms with van der Waals surface area (Å²) in [6.45, 7) is 0.628. The summed E-state index contributed by atoms with van der Waals surface area (Å²) in [7, 11) is 0. The highest BCUT2D eigenvalue weighted by Crippen LogP contribution is 2.33. The van der Waals surface area contributed by atoms with Gasteiger partial charge in [-0.25, -0.2) is 9.88 Å². The van der Waals surface area contributed by atoms with Crippen LogP contribution in [0.5, 0.6) is 0 Å². The van der Waals surface area contributed by atoms with Gasteiger partial charge in [-0.05, 0) is 35.9 Å². The van der Waals surface area contributed by atoms with E-state index in [1.165, 1.54) is 4.90 Å². The van der Waals surface area contributed by atoms with Gasteiger partial charge in [-0.2, -0.15) is 0 Å². The average Bonchev–Trinajstić information content (AvgIpc) is 3.35. The Kier molecular flexibility index (Phi) is 5.09. The minimum atomic E-state index is -0.283. The fourth-order valence-electron chi connectivity index (χ4n) is 3.62. The minimum Gasteiger partial charge on any atom is -0.320 e. The molecule has 0 aliphatic carbocycles. The predicted octanol–water partition coefficient (Wildman–Crippen LogP) is 4.42. The van der Waals surface area contributed by atoms with Crippen molar-refractivity contribution in [2.24, 2.45) is 0 Å².